The first kappa shape index (κ1) is 45.4. The molecule has 1 unspecified atom stereocenters. The molecule has 0 aliphatic heterocycles. The minimum absolute atomic E-state index is 0.0591. The van der Waals surface area contributed by atoms with Gasteiger partial charge >= 0.3 is 7.60 Å². The number of aliphatic hydroxyl groups excluding tert-OH is 1. The van der Waals surface area contributed by atoms with Crippen LogP contribution in [0.2, 0.25) is 0 Å². The highest BCUT2D eigenvalue weighted by molar-refractivity contribution is 7.52. The number of aliphatic hydroxyl groups is 1. The third-order valence-corrected chi connectivity index (χ3v) is 10.7. The fourth-order valence-corrected chi connectivity index (χ4v) is 7.25. The molecule has 0 heterocycles. The minimum Gasteiger partial charge on any atom is -0.378 e. The maximum Gasteiger partial charge on any atom is 0.356 e. The number of Topliss-reactive ketones (excluding diaryl/α,β-unsaturated/α-hetero) is 2. The van der Waals surface area contributed by atoms with Gasteiger partial charge in [-0.25, -0.2) is 0 Å². The maximum absolute atomic E-state index is 13.0. The van der Waals surface area contributed by atoms with Crippen LogP contribution in [0.5, 0.6) is 0 Å². The Labute approximate surface area is 284 Å². The van der Waals surface area contributed by atoms with Crippen LogP contribution in [0.25, 0.3) is 0 Å². The Bertz CT molecular complexity index is 724. The molecule has 0 bridgehead atoms. The first-order chi connectivity index (χ1) is 22.1. The zero-order chi connectivity index (χ0) is 34.4. The summed E-state index contributed by atoms with van der Waals surface area (Å²) in [4.78, 5) is 45.3. The summed E-state index contributed by atoms with van der Waals surface area (Å²) < 4.78 is 11.9. The van der Waals surface area contributed by atoms with Gasteiger partial charge in [-0.05, 0) is 12.8 Å². The molecule has 46 heavy (non-hydrogen) atoms. The molecule has 0 saturated heterocycles. The Balaban J connectivity index is 4.16. The summed E-state index contributed by atoms with van der Waals surface area (Å²) in [5.41, 5.74) is 3.54. The Morgan fingerprint density at radius 2 is 0.674 bits per heavy atom. The zero-order valence-electron chi connectivity index (χ0n) is 30.3. The lowest BCUT2D eigenvalue weighted by Gasteiger charge is -2.31. The normalized spacial score (nSPS) is 12.9. The summed E-state index contributed by atoms with van der Waals surface area (Å²) in [5.74, 6) is -4.03. The molecule has 5 N–H and O–H groups in total. The predicted molar refractivity (Wildman–Crippen MR) is 194 cm³/mol. The standard InChI is InChI=1S/C38H76NO6P/c1-3-5-7-9-11-13-15-17-19-21-23-25-27-29-31-33-35(40)38(39,37(42)46(43,44)45)36(41)34-32-30-28-26-24-22-20-18-16-14-12-10-8-6-4-2/h37,42H,3-34,39H2,1-2H3,(H2,43,44,45). The van der Waals surface area contributed by atoms with E-state index in [1.807, 2.05) is 0 Å². The summed E-state index contributed by atoms with van der Waals surface area (Å²) in [6, 6.07) is 0. The Morgan fingerprint density at radius 3 is 0.870 bits per heavy atom. The molecule has 0 radical (unpaired) electrons. The number of ketones is 2. The van der Waals surface area contributed by atoms with Crippen LogP contribution < -0.4 is 5.73 Å². The highest BCUT2D eigenvalue weighted by Gasteiger charge is 2.53. The van der Waals surface area contributed by atoms with Gasteiger partial charge in [-0.3, -0.25) is 14.2 Å². The molecule has 0 aromatic rings. The average molecular weight is 674 g/mol. The van der Waals surface area contributed by atoms with E-state index in [1.54, 1.807) is 0 Å². The minimum atomic E-state index is -5.15. The van der Waals surface area contributed by atoms with E-state index in [9.17, 15) is 29.0 Å². The van der Waals surface area contributed by atoms with Crippen LogP contribution in [0.15, 0.2) is 0 Å². The molecule has 0 fully saturated rings. The summed E-state index contributed by atoms with van der Waals surface area (Å²) in [6.45, 7) is 4.49. The van der Waals surface area contributed by atoms with Crippen molar-refractivity contribution in [3.8, 4) is 0 Å². The van der Waals surface area contributed by atoms with Crippen molar-refractivity contribution in [2.45, 2.75) is 231 Å². The van der Waals surface area contributed by atoms with Crippen molar-refractivity contribution >= 4 is 19.2 Å². The molecule has 274 valence electrons. The van der Waals surface area contributed by atoms with Crippen LogP contribution in [0.1, 0.15) is 219 Å². The molecule has 0 aliphatic rings. The van der Waals surface area contributed by atoms with Crippen molar-refractivity contribution in [1.29, 1.82) is 0 Å². The van der Waals surface area contributed by atoms with Gasteiger partial charge in [0.25, 0.3) is 0 Å². The number of hydrogen-bond acceptors (Lipinski definition) is 5. The van der Waals surface area contributed by atoms with Crippen molar-refractivity contribution in [1.82, 2.24) is 0 Å². The molecule has 7 nitrogen and oxygen atoms in total. The van der Waals surface area contributed by atoms with Crippen molar-refractivity contribution in [2.24, 2.45) is 5.73 Å². The SMILES string of the molecule is CCCCCCCCCCCCCCCCCC(=O)C(N)(C(=O)CCCCCCCCCCCCCCCCC)C(O)P(=O)(O)O. The largest absolute Gasteiger partial charge is 0.378 e. The number of carbonyl (C=O) groups is 2. The van der Waals surface area contributed by atoms with Crippen molar-refractivity contribution in [3.63, 3.8) is 0 Å². The van der Waals surface area contributed by atoms with Gasteiger partial charge < -0.3 is 20.6 Å². The molecule has 0 amide bonds. The maximum atomic E-state index is 13.0. The molecule has 1 atom stereocenters. The number of nitrogens with two attached hydrogens (primary N) is 1. The smallest absolute Gasteiger partial charge is 0.356 e. The van der Waals surface area contributed by atoms with E-state index >= 15 is 0 Å². The average Bonchev–Trinajstić information content (AvgIpc) is 3.03. The Kier molecular flexibility index (Phi) is 30.1. The fraction of sp³-hybridized carbons (Fsp3) is 0.947. The Morgan fingerprint density at radius 1 is 0.478 bits per heavy atom. The van der Waals surface area contributed by atoms with Crippen LogP contribution in [-0.2, 0) is 14.2 Å². The fourth-order valence-electron chi connectivity index (χ4n) is 6.44. The van der Waals surface area contributed by atoms with Crippen LogP contribution in [0, 0.1) is 0 Å². The quantitative estimate of drug-likeness (QED) is 0.0295. The third-order valence-electron chi connectivity index (χ3n) is 9.66. The van der Waals surface area contributed by atoms with E-state index < -0.39 is 30.5 Å². The molecule has 0 saturated carbocycles. The van der Waals surface area contributed by atoms with Gasteiger partial charge in [-0.1, -0.05) is 194 Å². The highest BCUT2D eigenvalue weighted by atomic mass is 31.2. The van der Waals surface area contributed by atoms with Crippen molar-refractivity contribution in [3.05, 3.63) is 0 Å². The summed E-state index contributed by atoms with van der Waals surface area (Å²) in [7, 11) is -5.15. The van der Waals surface area contributed by atoms with Gasteiger partial charge in [-0.2, -0.15) is 0 Å². The monoisotopic (exact) mass is 674 g/mol. The first-order valence-corrected chi connectivity index (χ1v) is 21.4. The number of unbranched alkanes of at least 4 members (excludes halogenated alkanes) is 28. The molecule has 8 heteroatoms. The van der Waals surface area contributed by atoms with E-state index in [-0.39, 0.29) is 12.8 Å². The second-order valence-corrected chi connectivity index (χ2v) is 15.7. The third kappa shape index (κ3) is 23.7. The van der Waals surface area contributed by atoms with Gasteiger partial charge in [0.05, 0.1) is 0 Å². The zero-order valence-corrected chi connectivity index (χ0v) is 31.2. The lowest BCUT2D eigenvalue weighted by molar-refractivity contribution is -0.138. The molecular formula is C38H76NO6P. The van der Waals surface area contributed by atoms with Gasteiger partial charge in [0, 0.05) is 12.8 Å². The molecule has 0 rings (SSSR count). The lowest BCUT2D eigenvalue weighted by Crippen LogP contribution is -2.62. The second kappa shape index (κ2) is 30.5. The van der Waals surface area contributed by atoms with Crippen LogP contribution in [0.4, 0.5) is 0 Å². The van der Waals surface area contributed by atoms with Crippen molar-refractivity contribution in [2.75, 3.05) is 0 Å². The topological polar surface area (TPSA) is 138 Å². The van der Waals surface area contributed by atoms with Gasteiger partial charge in [-0.15, -0.1) is 0 Å². The van der Waals surface area contributed by atoms with E-state index in [2.05, 4.69) is 13.8 Å². The first-order valence-electron chi connectivity index (χ1n) is 19.7. The van der Waals surface area contributed by atoms with Gasteiger partial charge in [0.15, 0.2) is 23.0 Å². The van der Waals surface area contributed by atoms with E-state index in [0.717, 1.165) is 38.5 Å². The van der Waals surface area contributed by atoms with E-state index in [0.29, 0.717) is 12.8 Å². The second-order valence-electron chi connectivity index (χ2n) is 14.1. The number of rotatable bonds is 36. The van der Waals surface area contributed by atoms with Crippen LogP contribution >= 0.6 is 7.60 Å². The van der Waals surface area contributed by atoms with Gasteiger partial charge in [0.2, 0.25) is 0 Å². The van der Waals surface area contributed by atoms with Crippen LogP contribution in [0.3, 0.4) is 0 Å². The number of hydrogen-bond donors (Lipinski definition) is 4. The summed E-state index contributed by atoms with van der Waals surface area (Å²) in [5, 5.41) is 10.4. The summed E-state index contributed by atoms with van der Waals surface area (Å²) >= 11 is 0. The Hall–Kier alpha value is -0.590. The number of carbonyl (C=O) groups excluding carboxylic acids is 2. The molecule has 0 aliphatic carbocycles. The molecule has 0 aromatic heterocycles. The molecular weight excluding hydrogens is 597 g/mol. The molecule has 0 aromatic carbocycles. The van der Waals surface area contributed by atoms with E-state index in [4.69, 9.17) is 5.73 Å². The highest BCUT2D eigenvalue weighted by Crippen LogP contribution is 2.45. The van der Waals surface area contributed by atoms with Crippen LogP contribution in [-0.4, -0.2) is 37.8 Å². The summed E-state index contributed by atoms with van der Waals surface area (Å²) in [6.07, 6.45) is 35.3. The predicted octanol–water partition coefficient (Wildman–Crippen LogP) is 10.8. The molecule has 0 spiro atoms. The van der Waals surface area contributed by atoms with Gasteiger partial charge in [0.1, 0.15) is 0 Å². The van der Waals surface area contributed by atoms with E-state index in [1.165, 1.54) is 141 Å². The lowest BCUT2D eigenvalue weighted by atomic mass is 9.85. The van der Waals surface area contributed by atoms with Crippen molar-refractivity contribution < 1.29 is 29.0 Å².